The van der Waals surface area contributed by atoms with Crippen LogP contribution in [0.25, 0.3) is 0 Å². The van der Waals surface area contributed by atoms with Gasteiger partial charge in [-0.3, -0.25) is 4.79 Å². The lowest BCUT2D eigenvalue weighted by Crippen LogP contribution is -2.15. The fourth-order valence-electron chi connectivity index (χ4n) is 2.48. The molecule has 2 aromatic carbocycles. The van der Waals surface area contributed by atoms with Crippen LogP contribution < -0.4 is 10.6 Å². The predicted octanol–water partition coefficient (Wildman–Crippen LogP) is 4.85. The first-order valence-electron chi connectivity index (χ1n) is 7.75. The fraction of sp³-hybridized carbons (Fsp3) is 0.105. The molecule has 1 aromatic heterocycles. The molecule has 0 saturated heterocycles. The van der Waals surface area contributed by atoms with Crippen LogP contribution in [-0.2, 0) is 0 Å². The van der Waals surface area contributed by atoms with Gasteiger partial charge in [0.25, 0.3) is 5.91 Å². The molecule has 2 N–H and O–H groups in total. The standard InChI is InChI=1S/C19H17BrN4O/c1-12-8-13(2)10-16(9-12)22-18(25)17-6-7-21-19(24-17)23-15-5-3-4-14(20)11-15/h3-11H,1-2H3,(H,22,25)(H,21,23,24). The van der Waals surface area contributed by atoms with E-state index in [4.69, 9.17) is 0 Å². The van der Waals surface area contributed by atoms with Crippen molar-refractivity contribution in [2.24, 2.45) is 0 Å². The molecule has 0 aliphatic rings. The smallest absolute Gasteiger partial charge is 0.274 e. The van der Waals surface area contributed by atoms with Crippen LogP contribution in [0.2, 0.25) is 0 Å². The van der Waals surface area contributed by atoms with Gasteiger partial charge in [-0.15, -0.1) is 0 Å². The molecule has 25 heavy (non-hydrogen) atoms. The minimum Gasteiger partial charge on any atom is -0.324 e. The van der Waals surface area contributed by atoms with Crippen molar-refractivity contribution in [3.05, 3.63) is 76.0 Å². The van der Waals surface area contributed by atoms with Crippen molar-refractivity contribution in [3.8, 4) is 0 Å². The van der Waals surface area contributed by atoms with Crippen molar-refractivity contribution in [2.75, 3.05) is 10.6 Å². The number of carbonyl (C=O) groups excluding carboxylic acids is 1. The summed E-state index contributed by atoms with van der Waals surface area (Å²) in [6.07, 6.45) is 1.56. The Kier molecular flexibility index (Phi) is 5.09. The van der Waals surface area contributed by atoms with Gasteiger partial charge >= 0.3 is 0 Å². The highest BCUT2D eigenvalue weighted by Crippen LogP contribution is 2.19. The summed E-state index contributed by atoms with van der Waals surface area (Å²) in [5.74, 6) is 0.0934. The summed E-state index contributed by atoms with van der Waals surface area (Å²) < 4.78 is 0.946. The van der Waals surface area contributed by atoms with Crippen LogP contribution in [0.15, 0.2) is 59.2 Å². The molecule has 0 fully saturated rings. The summed E-state index contributed by atoms with van der Waals surface area (Å²) in [6, 6.07) is 15.1. The number of nitrogens with zero attached hydrogens (tertiary/aromatic N) is 2. The lowest BCUT2D eigenvalue weighted by atomic mass is 10.1. The van der Waals surface area contributed by atoms with E-state index in [2.05, 4.69) is 42.6 Å². The topological polar surface area (TPSA) is 66.9 Å². The quantitative estimate of drug-likeness (QED) is 0.661. The molecule has 5 nitrogen and oxygen atoms in total. The third-order valence-electron chi connectivity index (χ3n) is 3.45. The van der Waals surface area contributed by atoms with Crippen LogP contribution in [-0.4, -0.2) is 15.9 Å². The monoisotopic (exact) mass is 396 g/mol. The minimum absolute atomic E-state index is 0.273. The first-order chi connectivity index (χ1) is 12.0. The fourth-order valence-corrected chi connectivity index (χ4v) is 2.88. The van der Waals surface area contributed by atoms with Crippen LogP contribution in [0.3, 0.4) is 0 Å². The number of nitrogens with one attached hydrogen (secondary N) is 2. The molecule has 126 valence electrons. The molecular weight excluding hydrogens is 380 g/mol. The summed E-state index contributed by atoms with van der Waals surface area (Å²) in [4.78, 5) is 20.9. The van der Waals surface area contributed by atoms with Crippen LogP contribution in [0.4, 0.5) is 17.3 Å². The number of benzene rings is 2. The summed E-state index contributed by atoms with van der Waals surface area (Å²) in [6.45, 7) is 3.99. The van der Waals surface area contributed by atoms with Crippen molar-refractivity contribution in [1.29, 1.82) is 0 Å². The zero-order valence-electron chi connectivity index (χ0n) is 13.9. The van der Waals surface area contributed by atoms with Crippen molar-refractivity contribution < 1.29 is 4.79 Å². The Morgan fingerprint density at radius 2 is 1.76 bits per heavy atom. The average molecular weight is 397 g/mol. The van der Waals surface area contributed by atoms with E-state index < -0.39 is 0 Å². The molecule has 0 atom stereocenters. The Bertz CT molecular complexity index is 907. The van der Waals surface area contributed by atoms with Gasteiger partial charge in [0, 0.05) is 22.0 Å². The van der Waals surface area contributed by atoms with Gasteiger partial charge in [0.15, 0.2) is 0 Å². The van der Waals surface area contributed by atoms with E-state index in [9.17, 15) is 4.79 Å². The molecule has 0 aliphatic carbocycles. The largest absolute Gasteiger partial charge is 0.324 e. The second-order valence-electron chi connectivity index (χ2n) is 5.73. The van der Waals surface area contributed by atoms with Gasteiger partial charge in [0.2, 0.25) is 5.95 Å². The van der Waals surface area contributed by atoms with Crippen LogP contribution in [0, 0.1) is 13.8 Å². The zero-order valence-corrected chi connectivity index (χ0v) is 15.5. The third kappa shape index (κ3) is 4.64. The number of halogens is 1. The highest BCUT2D eigenvalue weighted by molar-refractivity contribution is 9.10. The lowest BCUT2D eigenvalue weighted by molar-refractivity contribution is 0.102. The predicted molar refractivity (Wildman–Crippen MR) is 103 cm³/mol. The average Bonchev–Trinajstić information content (AvgIpc) is 2.54. The van der Waals surface area contributed by atoms with E-state index in [0.717, 1.165) is 27.0 Å². The highest BCUT2D eigenvalue weighted by atomic mass is 79.9. The molecule has 3 rings (SSSR count). The van der Waals surface area contributed by atoms with Crippen LogP contribution >= 0.6 is 15.9 Å². The first-order valence-corrected chi connectivity index (χ1v) is 8.54. The number of anilines is 3. The van der Waals surface area contributed by atoms with Crippen molar-refractivity contribution >= 4 is 39.2 Å². The van der Waals surface area contributed by atoms with E-state index in [0.29, 0.717) is 11.6 Å². The van der Waals surface area contributed by atoms with Crippen molar-refractivity contribution in [1.82, 2.24) is 9.97 Å². The second kappa shape index (κ2) is 7.44. The maximum Gasteiger partial charge on any atom is 0.274 e. The molecule has 0 radical (unpaired) electrons. The third-order valence-corrected chi connectivity index (χ3v) is 3.94. The molecule has 0 saturated carbocycles. The molecule has 1 amide bonds. The first kappa shape index (κ1) is 17.1. The maximum absolute atomic E-state index is 12.5. The van der Waals surface area contributed by atoms with Crippen LogP contribution in [0.5, 0.6) is 0 Å². The molecule has 0 spiro atoms. The molecule has 0 unspecified atom stereocenters. The summed E-state index contributed by atoms with van der Waals surface area (Å²) in [5.41, 5.74) is 4.07. The highest BCUT2D eigenvalue weighted by Gasteiger charge is 2.10. The molecule has 1 heterocycles. The Balaban J connectivity index is 1.77. The SMILES string of the molecule is Cc1cc(C)cc(NC(=O)c2ccnc(Nc3cccc(Br)c3)n2)c1. The van der Waals surface area contributed by atoms with E-state index in [-0.39, 0.29) is 5.91 Å². The van der Waals surface area contributed by atoms with E-state index in [1.54, 1.807) is 12.3 Å². The minimum atomic E-state index is -0.273. The Hall–Kier alpha value is -2.73. The van der Waals surface area contributed by atoms with Crippen LogP contribution in [0.1, 0.15) is 21.6 Å². The number of aryl methyl sites for hydroxylation is 2. The van der Waals surface area contributed by atoms with Gasteiger partial charge in [0.1, 0.15) is 5.69 Å². The molecular formula is C19H17BrN4O. The van der Waals surface area contributed by atoms with E-state index >= 15 is 0 Å². The lowest BCUT2D eigenvalue weighted by Gasteiger charge is -2.09. The molecule has 6 heteroatoms. The second-order valence-corrected chi connectivity index (χ2v) is 6.65. The van der Waals surface area contributed by atoms with Gasteiger partial charge in [-0.2, -0.15) is 0 Å². The summed E-state index contributed by atoms with van der Waals surface area (Å²) >= 11 is 3.42. The summed E-state index contributed by atoms with van der Waals surface area (Å²) in [7, 11) is 0. The van der Waals surface area contributed by atoms with Gasteiger partial charge in [-0.1, -0.05) is 28.1 Å². The molecule has 0 aliphatic heterocycles. The number of amides is 1. The Morgan fingerprint density at radius 1 is 1.00 bits per heavy atom. The van der Waals surface area contributed by atoms with Crippen molar-refractivity contribution in [3.63, 3.8) is 0 Å². The maximum atomic E-state index is 12.5. The van der Waals surface area contributed by atoms with Crippen molar-refractivity contribution in [2.45, 2.75) is 13.8 Å². The Morgan fingerprint density at radius 3 is 2.48 bits per heavy atom. The summed E-state index contributed by atoms with van der Waals surface area (Å²) in [5, 5.41) is 5.97. The Labute approximate surface area is 154 Å². The number of rotatable bonds is 4. The molecule has 3 aromatic rings. The zero-order chi connectivity index (χ0) is 17.8. The van der Waals surface area contributed by atoms with E-state index in [1.165, 1.54) is 0 Å². The number of hydrogen-bond donors (Lipinski definition) is 2. The number of aromatic nitrogens is 2. The molecule has 0 bridgehead atoms. The van der Waals surface area contributed by atoms with Gasteiger partial charge in [-0.25, -0.2) is 9.97 Å². The van der Waals surface area contributed by atoms with E-state index in [1.807, 2.05) is 50.2 Å². The number of hydrogen-bond acceptors (Lipinski definition) is 4. The normalized spacial score (nSPS) is 10.4. The van der Waals surface area contributed by atoms with Gasteiger partial charge in [0.05, 0.1) is 0 Å². The number of carbonyl (C=O) groups is 1. The van der Waals surface area contributed by atoms with Gasteiger partial charge < -0.3 is 10.6 Å². The van der Waals surface area contributed by atoms with Gasteiger partial charge in [-0.05, 0) is 61.4 Å².